The first-order valence-electron chi connectivity index (χ1n) is 7.76. The van der Waals surface area contributed by atoms with Gasteiger partial charge in [-0.3, -0.25) is 4.79 Å². The van der Waals surface area contributed by atoms with Gasteiger partial charge in [0.15, 0.2) is 0 Å². The summed E-state index contributed by atoms with van der Waals surface area (Å²) in [6.07, 6.45) is 7.23. The van der Waals surface area contributed by atoms with Gasteiger partial charge in [-0.25, -0.2) is 0 Å². The minimum atomic E-state index is -0.157. The molecule has 0 saturated heterocycles. The van der Waals surface area contributed by atoms with Crippen molar-refractivity contribution in [3.05, 3.63) is 29.8 Å². The van der Waals surface area contributed by atoms with Gasteiger partial charge in [0.1, 0.15) is 0 Å². The molecule has 3 nitrogen and oxygen atoms in total. The van der Waals surface area contributed by atoms with Gasteiger partial charge in [-0.2, -0.15) is 0 Å². The Labute approximate surface area is 121 Å². The van der Waals surface area contributed by atoms with E-state index in [9.17, 15) is 4.79 Å². The molecule has 1 fully saturated rings. The first kappa shape index (κ1) is 14.9. The molecule has 20 heavy (non-hydrogen) atoms. The summed E-state index contributed by atoms with van der Waals surface area (Å²) in [6, 6.07) is 8.11. The second kappa shape index (κ2) is 7.93. The summed E-state index contributed by atoms with van der Waals surface area (Å²) in [6.45, 7) is 3.34. The van der Waals surface area contributed by atoms with Gasteiger partial charge in [0.2, 0.25) is 0 Å². The average Bonchev–Trinajstić information content (AvgIpc) is 2.48. The number of hydrogen-bond acceptors (Lipinski definition) is 3. The van der Waals surface area contributed by atoms with Crippen LogP contribution in [0.3, 0.4) is 0 Å². The number of anilines is 1. The van der Waals surface area contributed by atoms with Crippen molar-refractivity contribution in [2.45, 2.75) is 45.4 Å². The highest BCUT2D eigenvalue weighted by molar-refractivity contribution is 5.72. The van der Waals surface area contributed by atoms with Crippen molar-refractivity contribution in [3.63, 3.8) is 0 Å². The molecule has 0 unspecified atom stereocenters. The van der Waals surface area contributed by atoms with E-state index in [-0.39, 0.29) is 5.97 Å². The number of carbonyl (C=O) groups excluding carboxylic acids is 1. The first-order chi connectivity index (χ1) is 9.78. The maximum Gasteiger partial charge on any atom is 0.310 e. The number of esters is 1. The predicted octanol–water partition coefficient (Wildman–Crippen LogP) is 3.78. The highest BCUT2D eigenvalue weighted by Gasteiger charge is 2.12. The van der Waals surface area contributed by atoms with Crippen molar-refractivity contribution in [1.29, 1.82) is 0 Å². The number of nitrogens with one attached hydrogen (secondary N) is 1. The molecule has 0 bridgehead atoms. The smallest absolute Gasteiger partial charge is 0.310 e. The highest BCUT2D eigenvalue weighted by atomic mass is 16.5. The van der Waals surface area contributed by atoms with Crippen LogP contribution >= 0.6 is 0 Å². The van der Waals surface area contributed by atoms with Crippen LogP contribution in [0.1, 0.15) is 44.6 Å². The second-order valence-electron chi connectivity index (χ2n) is 5.56. The summed E-state index contributed by atoms with van der Waals surface area (Å²) in [5.74, 6) is 0.665. The fraction of sp³-hybridized carbons (Fsp3) is 0.588. The van der Waals surface area contributed by atoms with Crippen molar-refractivity contribution in [2.75, 3.05) is 18.5 Å². The van der Waals surface area contributed by atoms with Crippen LogP contribution in [0.15, 0.2) is 24.3 Å². The molecule has 1 aromatic rings. The van der Waals surface area contributed by atoms with E-state index in [4.69, 9.17) is 4.74 Å². The van der Waals surface area contributed by atoms with Gasteiger partial charge in [0, 0.05) is 12.2 Å². The fourth-order valence-corrected chi connectivity index (χ4v) is 2.77. The third kappa shape index (κ3) is 4.87. The van der Waals surface area contributed by atoms with E-state index >= 15 is 0 Å². The Morgan fingerprint density at radius 2 is 1.90 bits per heavy atom. The Hall–Kier alpha value is -1.51. The zero-order chi connectivity index (χ0) is 14.2. The van der Waals surface area contributed by atoms with E-state index in [1.54, 1.807) is 0 Å². The number of rotatable bonds is 6. The molecule has 2 rings (SSSR count). The Morgan fingerprint density at radius 3 is 2.55 bits per heavy atom. The molecule has 1 N–H and O–H groups in total. The van der Waals surface area contributed by atoms with E-state index < -0.39 is 0 Å². The van der Waals surface area contributed by atoms with Crippen LogP contribution in [-0.4, -0.2) is 19.1 Å². The second-order valence-corrected chi connectivity index (χ2v) is 5.56. The molecule has 0 radical (unpaired) electrons. The third-order valence-electron chi connectivity index (χ3n) is 3.93. The summed E-state index contributed by atoms with van der Waals surface area (Å²) >= 11 is 0. The van der Waals surface area contributed by atoms with E-state index in [2.05, 4.69) is 17.4 Å². The van der Waals surface area contributed by atoms with E-state index in [0.29, 0.717) is 13.0 Å². The van der Waals surface area contributed by atoms with E-state index in [1.807, 2.05) is 19.1 Å². The molecule has 1 aromatic carbocycles. The largest absolute Gasteiger partial charge is 0.466 e. The summed E-state index contributed by atoms with van der Waals surface area (Å²) in [5.41, 5.74) is 2.15. The Kier molecular flexibility index (Phi) is 5.90. The highest BCUT2D eigenvalue weighted by Crippen LogP contribution is 2.24. The zero-order valence-electron chi connectivity index (χ0n) is 12.4. The number of ether oxygens (including phenoxy) is 1. The molecule has 0 atom stereocenters. The van der Waals surface area contributed by atoms with Crippen molar-refractivity contribution in [3.8, 4) is 0 Å². The minimum Gasteiger partial charge on any atom is -0.466 e. The lowest BCUT2D eigenvalue weighted by atomic mass is 9.89. The quantitative estimate of drug-likeness (QED) is 0.803. The van der Waals surface area contributed by atoms with Gasteiger partial charge in [-0.1, -0.05) is 31.4 Å². The summed E-state index contributed by atoms with van der Waals surface area (Å²) < 4.78 is 4.95. The summed E-state index contributed by atoms with van der Waals surface area (Å²) in [7, 11) is 0. The summed E-state index contributed by atoms with van der Waals surface area (Å²) in [5, 5.41) is 3.50. The van der Waals surface area contributed by atoms with Crippen LogP contribution in [-0.2, 0) is 16.0 Å². The Balaban J connectivity index is 1.77. The molecule has 0 amide bonds. The van der Waals surface area contributed by atoms with E-state index in [1.165, 1.54) is 32.1 Å². The van der Waals surface area contributed by atoms with Crippen LogP contribution < -0.4 is 5.32 Å². The van der Waals surface area contributed by atoms with Crippen LogP contribution in [0, 0.1) is 5.92 Å². The maximum absolute atomic E-state index is 11.4. The molecule has 0 aromatic heterocycles. The zero-order valence-corrected chi connectivity index (χ0v) is 12.4. The molecule has 3 heteroatoms. The van der Waals surface area contributed by atoms with Crippen molar-refractivity contribution in [2.24, 2.45) is 5.92 Å². The molecule has 0 aliphatic heterocycles. The van der Waals surface area contributed by atoms with Gasteiger partial charge in [-0.15, -0.1) is 0 Å². The predicted molar refractivity (Wildman–Crippen MR) is 81.8 cm³/mol. The van der Waals surface area contributed by atoms with Gasteiger partial charge in [-0.05, 0) is 43.4 Å². The van der Waals surface area contributed by atoms with Crippen LogP contribution in [0.2, 0.25) is 0 Å². The lowest BCUT2D eigenvalue weighted by Gasteiger charge is -2.22. The monoisotopic (exact) mass is 275 g/mol. The molecule has 1 saturated carbocycles. The average molecular weight is 275 g/mol. The standard InChI is InChI=1S/C17H25NO2/c1-2-20-17(19)12-14-8-10-16(11-9-14)18-13-15-6-4-3-5-7-15/h8-11,15,18H,2-7,12-13H2,1H3. The van der Waals surface area contributed by atoms with E-state index in [0.717, 1.165) is 23.7 Å². The van der Waals surface area contributed by atoms with Crippen LogP contribution in [0.5, 0.6) is 0 Å². The van der Waals surface area contributed by atoms with Crippen molar-refractivity contribution < 1.29 is 9.53 Å². The molecular weight excluding hydrogens is 250 g/mol. The first-order valence-corrected chi connectivity index (χ1v) is 7.76. The van der Waals surface area contributed by atoms with Gasteiger partial charge >= 0.3 is 5.97 Å². The maximum atomic E-state index is 11.4. The lowest BCUT2D eigenvalue weighted by Crippen LogP contribution is -2.17. The van der Waals surface area contributed by atoms with Gasteiger partial charge in [0.25, 0.3) is 0 Å². The Bertz CT molecular complexity index is 408. The number of benzene rings is 1. The van der Waals surface area contributed by atoms with Gasteiger partial charge < -0.3 is 10.1 Å². The van der Waals surface area contributed by atoms with Crippen LogP contribution in [0.25, 0.3) is 0 Å². The molecule has 110 valence electrons. The molecular formula is C17H25NO2. The molecule has 1 aliphatic carbocycles. The van der Waals surface area contributed by atoms with Crippen molar-refractivity contribution >= 4 is 11.7 Å². The van der Waals surface area contributed by atoms with Crippen LogP contribution in [0.4, 0.5) is 5.69 Å². The fourth-order valence-electron chi connectivity index (χ4n) is 2.77. The Morgan fingerprint density at radius 1 is 1.20 bits per heavy atom. The number of hydrogen-bond donors (Lipinski definition) is 1. The SMILES string of the molecule is CCOC(=O)Cc1ccc(NCC2CCCCC2)cc1. The molecule has 0 spiro atoms. The third-order valence-corrected chi connectivity index (χ3v) is 3.93. The van der Waals surface area contributed by atoms with Gasteiger partial charge in [0.05, 0.1) is 13.0 Å². The molecule has 1 aliphatic rings. The topological polar surface area (TPSA) is 38.3 Å². The van der Waals surface area contributed by atoms with Crippen molar-refractivity contribution in [1.82, 2.24) is 0 Å². The number of carbonyl (C=O) groups is 1. The lowest BCUT2D eigenvalue weighted by molar-refractivity contribution is -0.142. The normalized spacial score (nSPS) is 15.8. The minimum absolute atomic E-state index is 0.157. The molecule has 0 heterocycles. The summed E-state index contributed by atoms with van der Waals surface area (Å²) in [4.78, 5) is 11.4.